The molecular weight excluding hydrogens is 250 g/mol. The summed E-state index contributed by atoms with van der Waals surface area (Å²) in [5.74, 6) is 1.22. The van der Waals surface area contributed by atoms with E-state index in [0.717, 1.165) is 30.9 Å². The van der Waals surface area contributed by atoms with Gasteiger partial charge in [0, 0.05) is 23.8 Å². The van der Waals surface area contributed by atoms with Crippen LogP contribution < -0.4 is 10.6 Å². The highest BCUT2D eigenvalue weighted by Crippen LogP contribution is 2.13. The molecule has 0 aliphatic rings. The van der Waals surface area contributed by atoms with Crippen LogP contribution in [-0.4, -0.2) is 23.5 Å². The molecule has 2 unspecified atom stereocenters. The Morgan fingerprint density at radius 1 is 1.25 bits per heavy atom. The van der Waals surface area contributed by atoms with Crippen LogP contribution in [0.3, 0.4) is 0 Å². The van der Waals surface area contributed by atoms with E-state index in [4.69, 9.17) is 0 Å². The molecule has 4 nitrogen and oxygen atoms in total. The average Bonchev–Trinajstić information content (AvgIpc) is 2.46. The van der Waals surface area contributed by atoms with Gasteiger partial charge in [-0.15, -0.1) is 0 Å². The number of pyridine rings is 1. The van der Waals surface area contributed by atoms with Crippen LogP contribution in [0.1, 0.15) is 57.1 Å². The third kappa shape index (κ3) is 4.51. The Morgan fingerprint density at radius 2 is 1.95 bits per heavy atom. The monoisotopic (exact) mass is 277 g/mol. The van der Waals surface area contributed by atoms with Crippen molar-refractivity contribution in [2.24, 2.45) is 5.92 Å². The second-order valence-electron chi connectivity index (χ2n) is 5.26. The molecule has 1 rings (SSSR count). The molecule has 112 valence electrons. The molecule has 0 spiro atoms. The van der Waals surface area contributed by atoms with Crippen LogP contribution in [0.4, 0.5) is 5.82 Å². The molecule has 0 saturated carbocycles. The predicted molar refractivity (Wildman–Crippen MR) is 84.2 cm³/mol. The number of hydrogen-bond donors (Lipinski definition) is 2. The highest BCUT2D eigenvalue weighted by molar-refractivity contribution is 5.95. The fourth-order valence-electron chi connectivity index (χ4n) is 1.96. The van der Waals surface area contributed by atoms with Crippen LogP contribution >= 0.6 is 0 Å². The van der Waals surface area contributed by atoms with E-state index in [1.165, 1.54) is 0 Å². The van der Waals surface area contributed by atoms with Crippen molar-refractivity contribution in [3.05, 3.63) is 23.4 Å². The predicted octanol–water partition coefficient (Wildman–Crippen LogP) is 3.24. The number of rotatable bonds is 7. The average molecular weight is 277 g/mol. The standard InChI is InChI=1S/C16H27N3O/c1-6-11(4)12(5)18-16(20)13-9-14(7-2)19-15(10-13)17-8-3/h9-12H,6-8H2,1-5H3,(H,17,19)(H,18,20). The second-order valence-corrected chi connectivity index (χ2v) is 5.26. The number of carbonyl (C=O) groups excluding carboxylic acids is 1. The first-order valence-electron chi connectivity index (χ1n) is 7.57. The minimum absolute atomic E-state index is 0.0194. The summed E-state index contributed by atoms with van der Waals surface area (Å²) in [4.78, 5) is 16.8. The van der Waals surface area contributed by atoms with Gasteiger partial charge >= 0.3 is 0 Å². The lowest BCUT2D eigenvalue weighted by Crippen LogP contribution is -2.37. The Balaban J connectivity index is 2.88. The molecule has 2 N–H and O–H groups in total. The molecule has 0 aromatic carbocycles. The normalized spacial score (nSPS) is 13.7. The Labute approximate surface area is 122 Å². The van der Waals surface area contributed by atoms with Crippen molar-refractivity contribution < 1.29 is 4.79 Å². The van der Waals surface area contributed by atoms with Crippen LogP contribution in [0.2, 0.25) is 0 Å². The number of nitrogens with one attached hydrogen (secondary N) is 2. The summed E-state index contributed by atoms with van der Waals surface area (Å²) in [7, 11) is 0. The molecule has 20 heavy (non-hydrogen) atoms. The summed E-state index contributed by atoms with van der Waals surface area (Å²) < 4.78 is 0. The molecule has 0 radical (unpaired) electrons. The van der Waals surface area contributed by atoms with Crippen LogP contribution in [0.15, 0.2) is 12.1 Å². The molecule has 0 saturated heterocycles. The first-order chi connectivity index (χ1) is 9.51. The van der Waals surface area contributed by atoms with Crippen molar-refractivity contribution >= 4 is 11.7 Å². The Bertz CT molecular complexity index is 445. The Hall–Kier alpha value is -1.58. The topological polar surface area (TPSA) is 54.0 Å². The van der Waals surface area contributed by atoms with Crippen LogP contribution in [0.5, 0.6) is 0 Å². The van der Waals surface area contributed by atoms with Crippen molar-refractivity contribution in [2.75, 3.05) is 11.9 Å². The number of amides is 1. The van der Waals surface area contributed by atoms with Gasteiger partial charge in [-0.05, 0) is 38.3 Å². The number of hydrogen-bond acceptors (Lipinski definition) is 3. The quantitative estimate of drug-likeness (QED) is 0.804. The van der Waals surface area contributed by atoms with Crippen LogP contribution in [0.25, 0.3) is 0 Å². The summed E-state index contributed by atoms with van der Waals surface area (Å²) in [6, 6.07) is 3.87. The van der Waals surface area contributed by atoms with Crippen molar-refractivity contribution in [3.8, 4) is 0 Å². The van der Waals surface area contributed by atoms with Gasteiger partial charge in [-0.1, -0.05) is 27.2 Å². The number of aromatic nitrogens is 1. The molecule has 0 aliphatic carbocycles. The van der Waals surface area contributed by atoms with E-state index in [9.17, 15) is 4.79 Å². The lowest BCUT2D eigenvalue weighted by Gasteiger charge is -2.20. The smallest absolute Gasteiger partial charge is 0.251 e. The molecular formula is C16H27N3O. The summed E-state index contributed by atoms with van der Waals surface area (Å²) in [6.07, 6.45) is 1.88. The summed E-state index contributed by atoms with van der Waals surface area (Å²) in [5, 5.41) is 6.25. The number of nitrogens with zero attached hydrogens (tertiary/aromatic N) is 1. The summed E-state index contributed by atoms with van der Waals surface area (Å²) >= 11 is 0. The van der Waals surface area contributed by atoms with Crippen LogP contribution in [-0.2, 0) is 6.42 Å². The molecule has 4 heteroatoms. The molecule has 0 fully saturated rings. The largest absolute Gasteiger partial charge is 0.370 e. The maximum absolute atomic E-state index is 12.3. The van der Waals surface area contributed by atoms with Gasteiger partial charge in [-0.2, -0.15) is 0 Å². The zero-order chi connectivity index (χ0) is 15.1. The highest BCUT2D eigenvalue weighted by Gasteiger charge is 2.15. The van der Waals surface area contributed by atoms with Crippen LogP contribution in [0, 0.1) is 5.92 Å². The van der Waals surface area contributed by atoms with Gasteiger partial charge in [0.05, 0.1) is 0 Å². The van der Waals surface area contributed by atoms with E-state index in [1.54, 1.807) is 0 Å². The first-order valence-corrected chi connectivity index (χ1v) is 7.57. The molecule has 1 aromatic rings. The molecule has 2 atom stereocenters. The molecule has 1 amide bonds. The van der Waals surface area contributed by atoms with E-state index in [0.29, 0.717) is 11.5 Å². The van der Waals surface area contributed by atoms with Crippen molar-refractivity contribution in [2.45, 2.75) is 53.5 Å². The zero-order valence-electron chi connectivity index (χ0n) is 13.3. The van der Waals surface area contributed by atoms with Gasteiger partial charge in [0.15, 0.2) is 0 Å². The van der Waals surface area contributed by atoms with E-state index in [1.807, 2.05) is 26.0 Å². The van der Waals surface area contributed by atoms with Crippen molar-refractivity contribution in [1.82, 2.24) is 10.3 Å². The summed E-state index contributed by atoms with van der Waals surface area (Å²) in [6.45, 7) is 11.2. The van der Waals surface area contributed by atoms with Gasteiger partial charge in [-0.25, -0.2) is 4.98 Å². The second kappa shape index (κ2) is 7.88. The lowest BCUT2D eigenvalue weighted by molar-refractivity contribution is 0.0928. The minimum atomic E-state index is -0.0194. The molecule has 0 aliphatic heterocycles. The maximum Gasteiger partial charge on any atom is 0.251 e. The fraction of sp³-hybridized carbons (Fsp3) is 0.625. The van der Waals surface area contributed by atoms with Crippen molar-refractivity contribution in [3.63, 3.8) is 0 Å². The highest BCUT2D eigenvalue weighted by atomic mass is 16.1. The molecule has 1 heterocycles. The van der Waals surface area contributed by atoms with Gasteiger partial charge in [0.1, 0.15) is 5.82 Å². The van der Waals surface area contributed by atoms with Gasteiger partial charge < -0.3 is 10.6 Å². The van der Waals surface area contributed by atoms with E-state index in [-0.39, 0.29) is 11.9 Å². The maximum atomic E-state index is 12.3. The first kappa shape index (κ1) is 16.5. The van der Waals surface area contributed by atoms with E-state index in [2.05, 4.69) is 36.4 Å². The number of anilines is 1. The number of aryl methyl sites for hydroxylation is 1. The van der Waals surface area contributed by atoms with E-state index < -0.39 is 0 Å². The number of carbonyl (C=O) groups is 1. The van der Waals surface area contributed by atoms with Gasteiger partial charge in [0.2, 0.25) is 0 Å². The third-order valence-corrected chi connectivity index (χ3v) is 3.72. The lowest BCUT2D eigenvalue weighted by atomic mass is 10.0. The third-order valence-electron chi connectivity index (χ3n) is 3.72. The van der Waals surface area contributed by atoms with Gasteiger partial charge in [0.25, 0.3) is 5.91 Å². The van der Waals surface area contributed by atoms with E-state index >= 15 is 0 Å². The Kier molecular flexibility index (Phi) is 6.49. The fourth-order valence-corrected chi connectivity index (χ4v) is 1.96. The molecule has 1 aromatic heterocycles. The summed E-state index contributed by atoms with van der Waals surface area (Å²) in [5.41, 5.74) is 1.62. The molecule has 0 bridgehead atoms. The minimum Gasteiger partial charge on any atom is -0.370 e. The SMILES string of the molecule is CCNc1cc(C(=O)NC(C)C(C)CC)cc(CC)n1. The van der Waals surface area contributed by atoms with Gasteiger partial charge in [-0.3, -0.25) is 4.79 Å². The van der Waals surface area contributed by atoms with Crippen molar-refractivity contribution in [1.29, 1.82) is 0 Å². The Morgan fingerprint density at radius 3 is 2.50 bits per heavy atom. The zero-order valence-corrected chi connectivity index (χ0v) is 13.3.